The quantitative estimate of drug-likeness (QED) is 0.713. The monoisotopic (exact) mass is 268 g/mol. The van der Waals surface area contributed by atoms with E-state index in [4.69, 9.17) is 4.74 Å². The number of fused-ring (bicyclic) bond motifs is 1. The number of hydrogen-bond donors (Lipinski definition) is 0. The van der Waals surface area contributed by atoms with Crippen molar-refractivity contribution in [1.29, 1.82) is 0 Å². The molecule has 2 aliphatic rings. The van der Waals surface area contributed by atoms with Gasteiger partial charge in [-0.25, -0.2) is 0 Å². The third-order valence-electron chi connectivity index (χ3n) is 4.61. The van der Waals surface area contributed by atoms with Crippen molar-refractivity contribution in [1.82, 2.24) is 9.80 Å². The summed E-state index contributed by atoms with van der Waals surface area (Å²) in [6.07, 6.45) is 7.15. The lowest BCUT2D eigenvalue weighted by atomic mass is 9.97. The van der Waals surface area contributed by atoms with Crippen molar-refractivity contribution < 1.29 is 9.53 Å². The van der Waals surface area contributed by atoms with Crippen molar-refractivity contribution in [3.8, 4) is 0 Å². The highest BCUT2D eigenvalue weighted by atomic mass is 16.5. The lowest BCUT2D eigenvalue weighted by molar-refractivity contribution is -0.148. The second kappa shape index (κ2) is 7.25. The van der Waals surface area contributed by atoms with Crippen LogP contribution in [0.3, 0.4) is 0 Å². The van der Waals surface area contributed by atoms with Gasteiger partial charge in [0.25, 0.3) is 0 Å². The van der Waals surface area contributed by atoms with Gasteiger partial charge < -0.3 is 4.74 Å². The number of hydrogen-bond acceptors (Lipinski definition) is 4. The van der Waals surface area contributed by atoms with E-state index in [1.54, 1.807) is 0 Å². The number of rotatable bonds is 5. The third-order valence-corrected chi connectivity index (χ3v) is 4.61. The number of piperazine rings is 1. The Bertz CT molecular complexity index is 296. The van der Waals surface area contributed by atoms with Gasteiger partial charge in [-0.15, -0.1) is 0 Å². The first-order chi connectivity index (χ1) is 9.26. The Morgan fingerprint density at radius 3 is 2.89 bits per heavy atom. The van der Waals surface area contributed by atoms with Crippen molar-refractivity contribution >= 4 is 5.97 Å². The van der Waals surface area contributed by atoms with Gasteiger partial charge in [0.1, 0.15) is 6.04 Å². The molecular weight excluding hydrogens is 240 g/mol. The minimum Gasteiger partial charge on any atom is -0.468 e. The van der Waals surface area contributed by atoms with Crippen molar-refractivity contribution in [2.75, 3.05) is 33.3 Å². The standard InChI is InChI=1S/C15H28N2O2/c1-3-4-8-14(15(18)19-2)17-11-10-16-9-6-5-7-13(16)12-17/h13-14H,3-12H2,1-2H3. The smallest absolute Gasteiger partial charge is 0.323 e. The SMILES string of the molecule is CCCCC(C(=O)OC)N1CCN2CCCCC2C1. The summed E-state index contributed by atoms with van der Waals surface area (Å²) in [6.45, 7) is 6.59. The van der Waals surface area contributed by atoms with E-state index in [9.17, 15) is 4.79 Å². The lowest BCUT2D eigenvalue weighted by Crippen LogP contribution is -2.58. The summed E-state index contributed by atoms with van der Waals surface area (Å²) in [5.74, 6) is -0.0438. The van der Waals surface area contributed by atoms with Crippen LogP contribution in [0.4, 0.5) is 0 Å². The highest BCUT2D eigenvalue weighted by Crippen LogP contribution is 2.23. The number of piperidine rings is 1. The molecule has 0 radical (unpaired) electrons. The molecule has 0 aromatic heterocycles. The highest BCUT2D eigenvalue weighted by Gasteiger charge is 2.34. The topological polar surface area (TPSA) is 32.8 Å². The minimum absolute atomic E-state index is 0.0194. The Balaban J connectivity index is 1.95. The summed E-state index contributed by atoms with van der Waals surface area (Å²) in [5, 5.41) is 0. The maximum absolute atomic E-state index is 12.0. The first-order valence-corrected chi connectivity index (χ1v) is 7.82. The molecule has 2 aliphatic heterocycles. The molecule has 0 saturated carbocycles. The average molecular weight is 268 g/mol. The lowest BCUT2D eigenvalue weighted by Gasteiger charge is -2.45. The summed E-state index contributed by atoms with van der Waals surface area (Å²) in [5.41, 5.74) is 0. The molecule has 0 bridgehead atoms. The number of methoxy groups -OCH3 is 1. The van der Waals surface area contributed by atoms with Crippen LogP contribution in [0.1, 0.15) is 45.4 Å². The van der Waals surface area contributed by atoms with E-state index in [0.717, 1.165) is 38.9 Å². The highest BCUT2D eigenvalue weighted by molar-refractivity contribution is 5.75. The van der Waals surface area contributed by atoms with Gasteiger partial charge in [-0.3, -0.25) is 14.6 Å². The predicted molar refractivity (Wildman–Crippen MR) is 76.1 cm³/mol. The maximum atomic E-state index is 12.0. The molecular formula is C15H28N2O2. The van der Waals surface area contributed by atoms with Gasteiger partial charge in [-0.1, -0.05) is 26.2 Å². The Kier molecular flexibility index (Phi) is 5.64. The van der Waals surface area contributed by atoms with Crippen LogP contribution >= 0.6 is 0 Å². The second-order valence-electron chi connectivity index (χ2n) is 5.86. The van der Waals surface area contributed by atoms with Gasteiger partial charge >= 0.3 is 5.97 Å². The van der Waals surface area contributed by atoms with E-state index >= 15 is 0 Å². The van der Waals surface area contributed by atoms with E-state index in [2.05, 4.69) is 16.7 Å². The van der Waals surface area contributed by atoms with Gasteiger partial charge in [0.15, 0.2) is 0 Å². The fourth-order valence-corrected chi connectivity index (χ4v) is 3.45. The van der Waals surface area contributed by atoms with E-state index in [-0.39, 0.29) is 12.0 Å². The van der Waals surface area contributed by atoms with Crippen molar-refractivity contribution in [2.24, 2.45) is 0 Å². The summed E-state index contributed by atoms with van der Waals surface area (Å²) in [7, 11) is 1.51. The van der Waals surface area contributed by atoms with Crippen LogP contribution in [0.2, 0.25) is 0 Å². The Hall–Kier alpha value is -0.610. The van der Waals surface area contributed by atoms with E-state index in [1.807, 2.05) is 0 Å². The van der Waals surface area contributed by atoms with Crippen LogP contribution < -0.4 is 0 Å². The molecule has 2 heterocycles. The minimum atomic E-state index is -0.0438. The molecule has 4 nitrogen and oxygen atoms in total. The summed E-state index contributed by atoms with van der Waals surface area (Å²) in [6, 6.07) is 0.644. The zero-order valence-corrected chi connectivity index (χ0v) is 12.4. The third kappa shape index (κ3) is 3.69. The summed E-state index contributed by atoms with van der Waals surface area (Å²) < 4.78 is 5.00. The van der Waals surface area contributed by atoms with Crippen LogP contribution in [0, 0.1) is 0 Å². The molecule has 2 atom stereocenters. The van der Waals surface area contributed by atoms with Crippen LogP contribution in [-0.2, 0) is 9.53 Å². The molecule has 0 aliphatic carbocycles. The molecule has 2 saturated heterocycles. The zero-order chi connectivity index (χ0) is 13.7. The molecule has 0 amide bonds. The molecule has 2 fully saturated rings. The van der Waals surface area contributed by atoms with Crippen LogP contribution in [0.15, 0.2) is 0 Å². The summed E-state index contributed by atoms with van der Waals surface area (Å²) in [4.78, 5) is 17.0. The van der Waals surface area contributed by atoms with Gasteiger partial charge in [0.2, 0.25) is 0 Å². The zero-order valence-electron chi connectivity index (χ0n) is 12.4. The Morgan fingerprint density at radius 1 is 1.32 bits per heavy atom. The molecule has 0 spiro atoms. The van der Waals surface area contributed by atoms with Gasteiger partial charge in [-0.05, 0) is 25.8 Å². The summed E-state index contributed by atoms with van der Waals surface area (Å²) >= 11 is 0. The second-order valence-corrected chi connectivity index (χ2v) is 5.86. The first kappa shape index (κ1) is 14.8. The maximum Gasteiger partial charge on any atom is 0.323 e. The number of nitrogens with zero attached hydrogens (tertiary/aromatic N) is 2. The van der Waals surface area contributed by atoms with Crippen LogP contribution in [0.25, 0.3) is 0 Å². The molecule has 4 heteroatoms. The first-order valence-electron chi connectivity index (χ1n) is 7.82. The number of unbranched alkanes of at least 4 members (excludes halogenated alkanes) is 1. The number of carbonyl (C=O) groups is 1. The Morgan fingerprint density at radius 2 is 2.16 bits per heavy atom. The van der Waals surface area contributed by atoms with Crippen LogP contribution in [0.5, 0.6) is 0 Å². The average Bonchev–Trinajstić information content (AvgIpc) is 2.47. The van der Waals surface area contributed by atoms with Crippen molar-refractivity contribution in [3.05, 3.63) is 0 Å². The normalized spacial score (nSPS) is 26.7. The molecule has 19 heavy (non-hydrogen) atoms. The fraction of sp³-hybridized carbons (Fsp3) is 0.933. The van der Waals surface area contributed by atoms with Crippen molar-refractivity contribution in [3.63, 3.8) is 0 Å². The van der Waals surface area contributed by atoms with E-state index in [0.29, 0.717) is 6.04 Å². The van der Waals surface area contributed by atoms with Gasteiger partial charge in [0.05, 0.1) is 7.11 Å². The fourth-order valence-electron chi connectivity index (χ4n) is 3.45. The molecule has 2 unspecified atom stereocenters. The predicted octanol–water partition coefficient (Wildman–Crippen LogP) is 1.89. The van der Waals surface area contributed by atoms with Crippen LogP contribution in [-0.4, -0.2) is 61.1 Å². The molecule has 0 aromatic rings. The number of ether oxygens (including phenoxy) is 1. The Labute approximate surface area is 117 Å². The molecule has 2 rings (SSSR count). The van der Waals surface area contributed by atoms with Gasteiger partial charge in [-0.2, -0.15) is 0 Å². The molecule has 0 aromatic carbocycles. The molecule has 0 N–H and O–H groups in total. The van der Waals surface area contributed by atoms with E-state index < -0.39 is 0 Å². The largest absolute Gasteiger partial charge is 0.468 e. The number of esters is 1. The van der Waals surface area contributed by atoms with Crippen molar-refractivity contribution in [2.45, 2.75) is 57.5 Å². The van der Waals surface area contributed by atoms with E-state index in [1.165, 1.54) is 32.9 Å². The van der Waals surface area contributed by atoms with Gasteiger partial charge in [0, 0.05) is 25.7 Å². The number of carbonyl (C=O) groups excluding carboxylic acids is 1. The molecule has 110 valence electrons.